The molecule has 0 bridgehead atoms. The summed E-state index contributed by atoms with van der Waals surface area (Å²) in [6.07, 6.45) is 4.13. The van der Waals surface area contributed by atoms with Gasteiger partial charge in [0.2, 0.25) is 0 Å². The van der Waals surface area contributed by atoms with Gasteiger partial charge < -0.3 is 20.1 Å². The van der Waals surface area contributed by atoms with Gasteiger partial charge in [-0.3, -0.25) is 0 Å². The van der Waals surface area contributed by atoms with Gasteiger partial charge in [0.15, 0.2) is 11.5 Å². The lowest BCUT2D eigenvalue weighted by Crippen LogP contribution is -2.29. The van der Waals surface area contributed by atoms with E-state index in [-0.39, 0.29) is 11.8 Å². The van der Waals surface area contributed by atoms with Gasteiger partial charge in [-0.25, -0.2) is 0 Å². The molecule has 116 valence electrons. The maximum atomic E-state index is 9.66. The molecule has 1 saturated heterocycles. The summed E-state index contributed by atoms with van der Waals surface area (Å²) in [7, 11) is 1.59. The topological polar surface area (TPSA) is 44.7 Å². The quantitative estimate of drug-likeness (QED) is 0.845. The fraction of sp³-hybridized carbons (Fsp3) is 0.647. The summed E-state index contributed by atoms with van der Waals surface area (Å²) in [5.41, 5.74) is 1.15. The molecular formula is C17H26N2O2. The Kier molecular flexibility index (Phi) is 4.36. The minimum atomic E-state index is 0.198. The standard InChI is InChI=1S/C17H26N2O2/c1-12(14-3-6-16(20)17(9-14)21-2)18-10-13-7-8-19(11-13)15-4-5-15/h3,6,9,12-13,15,18,20H,4-5,7-8,10-11H2,1-2H3. The molecule has 1 aromatic rings. The molecule has 2 N–H and O–H groups in total. The maximum absolute atomic E-state index is 9.66. The zero-order valence-corrected chi connectivity index (χ0v) is 13.0. The van der Waals surface area contributed by atoms with E-state index in [0.717, 1.165) is 24.1 Å². The van der Waals surface area contributed by atoms with Crippen molar-refractivity contribution in [2.45, 2.75) is 38.3 Å². The Morgan fingerprint density at radius 2 is 2.19 bits per heavy atom. The molecule has 2 aliphatic rings. The Labute approximate surface area is 127 Å². The number of phenolic OH excluding ortho intramolecular Hbond substituents is 1. The van der Waals surface area contributed by atoms with Gasteiger partial charge in [-0.15, -0.1) is 0 Å². The third-order valence-electron chi connectivity index (χ3n) is 4.80. The Morgan fingerprint density at radius 3 is 2.90 bits per heavy atom. The number of hydrogen-bond donors (Lipinski definition) is 2. The lowest BCUT2D eigenvalue weighted by Gasteiger charge is -2.19. The predicted octanol–water partition coefficient (Wildman–Crippen LogP) is 2.54. The summed E-state index contributed by atoms with van der Waals surface area (Å²) in [4.78, 5) is 2.65. The van der Waals surface area contributed by atoms with Crippen molar-refractivity contribution in [2.24, 2.45) is 5.92 Å². The van der Waals surface area contributed by atoms with Gasteiger partial charge in [0.1, 0.15) is 0 Å². The van der Waals surface area contributed by atoms with Crippen LogP contribution in [-0.4, -0.2) is 42.8 Å². The van der Waals surface area contributed by atoms with E-state index in [1.165, 1.54) is 32.4 Å². The predicted molar refractivity (Wildman–Crippen MR) is 83.8 cm³/mol. The van der Waals surface area contributed by atoms with Gasteiger partial charge in [-0.05, 0) is 62.9 Å². The van der Waals surface area contributed by atoms with Crippen molar-refractivity contribution in [1.82, 2.24) is 10.2 Å². The fourth-order valence-electron chi connectivity index (χ4n) is 3.23. The zero-order valence-electron chi connectivity index (χ0n) is 13.0. The smallest absolute Gasteiger partial charge is 0.160 e. The molecule has 0 spiro atoms. The molecule has 21 heavy (non-hydrogen) atoms. The van der Waals surface area contributed by atoms with Crippen molar-refractivity contribution in [3.05, 3.63) is 23.8 Å². The SMILES string of the molecule is COc1cc(C(C)NCC2CCN(C3CC3)C2)ccc1O. The van der Waals surface area contributed by atoms with Gasteiger partial charge in [-0.1, -0.05) is 6.07 Å². The van der Waals surface area contributed by atoms with E-state index < -0.39 is 0 Å². The van der Waals surface area contributed by atoms with Crippen LogP contribution in [0.2, 0.25) is 0 Å². The van der Waals surface area contributed by atoms with Gasteiger partial charge in [0.25, 0.3) is 0 Å². The molecule has 1 saturated carbocycles. The minimum absolute atomic E-state index is 0.198. The summed E-state index contributed by atoms with van der Waals surface area (Å²) in [5.74, 6) is 1.51. The van der Waals surface area contributed by atoms with E-state index >= 15 is 0 Å². The second-order valence-corrected chi connectivity index (χ2v) is 6.44. The van der Waals surface area contributed by atoms with Crippen LogP contribution in [0.3, 0.4) is 0 Å². The molecule has 2 unspecified atom stereocenters. The van der Waals surface area contributed by atoms with E-state index in [0.29, 0.717) is 5.75 Å². The molecule has 1 heterocycles. The number of nitrogens with zero attached hydrogens (tertiary/aromatic N) is 1. The first-order valence-corrected chi connectivity index (χ1v) is 8.01. The molecular weight excluding hydrogens is 264 g/mol. The summed E-state index contributed by atoms with van der Waals surface area (Å²) < 4.78 is 5.18. The van der Waals surface area contributed by atoms with Crippen molar-refractivity contribution in [1.29, 1.82) is 0 Å². The number of aromatic hydroxyl groups is 1. The average molecular weight is 290 g/mol. The van der Waals surface area contributed by atoms with Crippen molar-refractivity contribution in [3.63, 3.8) is 0 Å². The number of hydrogen-bond acceptors (Lipinski definition) is 4. The summed E-state index contributed by atoms with van der Waals surface area (Å²) in [6.45, 7) is 5.76. The van der Waals surface area contributed by atoms with Crippen molar-refractivity contribution < 1.29 is 9.84 Å². The van der Waals surface area contributed by atoms with E-state index in [1.54, 1.807) is 13.2 Å². The Morgan fingerprint density at radius 1 is 1.38 bits per heavy atom. The highest BCUT2D eigenvalue weighted by atomic mass is 16.5. The second-order valence-electron chi connectivity index (χ2n) is 6.44. The van der Waals surface area contributed by atoms with Crippen LogP contribution in [-0.2, 0) is 0 Å². The van der Waals surface area contributed by atoms with Crippen LogP contribution in [0.4, 0.5) is 0 Å². The highest BCUT2D eigenvalue weighted by molar-refractivity contribution is 5.42. The van der Waals surface area contributed by atoms with Crippen molar-refractivity contribution in [3.8, 4) is 11.5 Å². The number of phenols is 1. The lowest BCUT2D eigenvalue weighted by molar-refractivity contribution is 0.310. The van der Waals surface area contributed by atoms with E-state index in [1.807, 2.05) is 12.1 Å². The number of likely N-dealkylation sites (tertiary alicyclic amines) is 1. The van der Waals surface area contributed by atoms with Gasteiger partial charge in [0.05, 0.1) is 7.11 Å². The molecule has 1 aliphatic heterocycles. The maximum Gasteiger partial charge on any atom is 0.160 e. The monoisotopic (exact) mass is 290 g/mol. The summed E-state index contributed by atoms with van der Waals surface area (Å²) in [5, 5.41) is 13.3. The second kappa shape index (κ2) is 6.24. The zero-order chi connectivity index (χ0) is 14.8. The largest absolute Gasteiger partial charge is 0.504 e. The van der Waals surface area contributed by atoms with Crippen LogP contribution in [0, 0.1) is 5.92 Å². The Balaban J connectivity index is 1.50. The number of nitrogens with one attached hydrogen (secondary N) is 1. The average Bonchev–Trinajstić information content (AvgIpc) is 3.24. The van der Waals surface area contributed by atoms with E-state index in [4.69, 9.17) is 4.74 Å². The molecule has 0 amide bonds. The molecule has 0 radical (unpaired) electrons. The molecule has 0 aromatic heterocycles. The van der Waals surface area contributed by atoms with Crippen LogP contribution in [0.5, 0.6) is 11.5 Å². The molecule has 3 rings (SSSR count). The first-order valence-electron chi connectivity index (χ1n) is 8.01. The third kappa shape index (κ3) is 3.50. The number of methoxy groups -OCH3 is 1. The molecule has 2 fully saturated rings. The number of benzene rings is 1. The van der Waals surface area contributed by atoms with Crippen LogP contribution in [0.25, 0.3) is 0 Å². The van der Waals surface area contributed by atoms with Gasteiger partial charge in [0, 0.05) is 18.6 Å². The normalized spacial score (nSPS) is 24.2. The first kappa shape index (κ1) is 14.7. The third-order valence-corrected chi connectivity index (χ3v) is 4.80. The number of rotatable bonds is 6. The molecule has 1 aromatic carbocycles. The summed E-state index contributed by atoms with van der Waals surface area (Å²) in [6, 6.07) is 6.75. The molecule has 1 aliphatic carbocycles. The highest BCUT2D eigenvalue weighted by Gasteiger charge is 2.34. The van der Waals surface area contributed by atoms with Crippen molar-refractivity contribution >= 4 is 0 Å². The molecule has 4 heteroatoms. The van der Waals surface area contributed by atoms with E-state index in [9.17, 15) is 5.11 Å². The van der Waals surface area contributed by atoms with Crippen molar-refractivity contribution in [2.75, 3.05) is 26.7 Å². The molecule has 2 atom stereocenters. The Bertz CT molecular complexity index is 488. The van der Waals surface area contributed by atoms with Crippen LogP contribution in [0.1, 0.15) is 37.8 Å². The van der Waals surface area contributed by atoms with Gasteiger partial charge >= 0.3 is 0 Å². The number of ether oxygens (including phenoxy) is 1. The lowest BCUT2D eigenvalue weighted by atomic mass is 10.1. The van der Waals surface area contributed by atoms with E-state index in [2.05, 4.69) is 17.1 Å². The van der Waals surface area contributed by atoms with Crippen LogP contribution in [0.15, 0.2) is 18.2 Å². The van der Waals surface area contributed by atoms with Crippen LogP contribution < -0.4 is 10.1 Å². The first-order chi connectivity index (χ1) is 10.2. The van der Waals surface area contributed by atoms with Crippen LogP contribution >= 0.6 is 0 Å². The van der Waals surface area contributed by atoms with Gasteiger partial charge in [-0.2, -0.15) is 0 Å². The summed E-state index contributed by atoms with van der Waals surface area (Å²) >= 11 is 0. The minimum Gasteiger partial charge on any atom is -0.504 e. The highest BCUT2D eigenvalue weighted by Crippen LogP contribution is 2.32. The fourth-order valence-corrected chi connectivity index (χ4v) is 3.23. The Hall–Kier alpha value is -1.26. The molecule has 4 nitrogen and oxygen atoms in total.